The van der Waals surface area contributed by atoms with Gasteiger partial charge in [-0.3, -0.25) is 0 Å². The summed E-state index contributed by atoms with van der Waals surface area (Å²) in [6.45, 7) is 24.0. The van der Waals surface area contributed by atoms with E-state index in [1.54, 1.807) is 20.0 Å². The molecular formula is C19H53O4P2S-. The Kier molecular flexibility index (Phi) is 48.9. The van der Waals surface area contributed by atoms with E-state index < -0.39 is 17.0 Å². The molecule has 0 radical (unpaired) electrons. The highest BCUT2D eigenvalue weighted by atomic mass is 32.2. The lowest BCUT2D eigenvalue weighted by Crippen LogP contribution is -1.86. The summed E-state index contributed by atoms with van der Waals surface area (Å²) in [6, 6.07) is 0. The maximum atomic E-state index is 10.2. The molecule has 0 aromatic heterocycles. The summed E-state index contributed by atoms with van der Waals surface area (Å²) in [7, 11) is -4.69. The quantitative estimate of drug-likeness (QED) is 0.332. The van der Waals surface area contributed by atoms with Crippen LogP contribution in [0.2, 0.25) is 0 Å². The molecule has 0 spiro atoms. The molecule has 0 unspecified atom stereocenters. The fraction of sp³-hybridized carbons (Fsp3) is 0.842. The van der Waals surface area contributed by atoms with Crippen LogP contribution < -0.4 is 0 Å². The first-order valence-electron chi connectivity index (χ1n) is 7.40. The summed E-state index contributed by atoms with van der Waals surface area (Å²) in [5.41, 5.74) is 0. The van der Waals surface area contributed by atoms with Gasteiger partial charge in [0.1, 0.15) is 15.6 Å². The van der Waals surface area contributed by atoms with Gasteiger partial charge in [-0.15, -0.1) is 0 Å². The van der Waals surface area contributed by atoms with Crippen molar-refractivity contribution in [2.24, 2.45) is 5.92 Å². The number of carbonyl (C=O) groups excluding carboxylic acids is 1. The zero-order chi connectivity index (χ0) is 20.7. The van der Waals surface area contributed by atoms with Gasteiger partial charge in [-0.1, -0.05) is 28.2 Å². The number of Topliss-reactive ketones (excluding diaryl/α,β-unsaturated/α-hetero) is 1. The van der Waals surface area contributed by atoms with E-state index in [-0.39, 0.29) is 35.3 Å². The molecule has 7 heteroatoms. The molecule has 0 aromatic rings. The van der Waals surface area contributed by atoms with Crippen LogP contribution >= 0.6 is 14.4 Å². The Balaban J connectivity index is -0.0000000253. The van der Waals surface area contributed by atoms with Crippen molar-refractivity contribution in [2.75, 3.05) is 59.2 Å². The smallest absolute Gasteiger partial charge is 0.144 e. The molecule has 0 amide bonds. The fourth-order valence-electron chi connectivity index (χ4n) is 0. The van der Waals surface area contributed by atoms with Crippen LogP contribution in [-0.4, -0.2) is 73.4 Å². The zero-order valence-electron chi connectivity index (χ0n) is 20.0. The number of sulfone groups is 1. The van der Waals surface area contributed by atoms with Crippen molar-refractivity contribution in [3.63, 3.8) is 0 Å². The largest absolute Gasteiger partial charge is 0.358 e. The molecule has 0 bridgehead atoms. The van der Waals surface area contributed by atoms with Crippen molar-refractivity contribution in [3.8, 4) is 0 Å². The number of hydrogen-bond donors (Lipinski definition) is 0. The van der Waals surface area contributed by atoms with Gasteiger partial charge in [0.25, 0.3) is 0 Å². The van der Waals surface area contributed by atoms with Crippen LogP contribution in [0.4, 0.5) is 0 Å². The van der Waals surface area contributed by atoms with Gasteiger partial charge in [-0.05, 0) is 39.8 Å². The van der Waals surface area contributed by atoms with E-state index in [0.29, 0.717) is 0 Å². The second-order valence-electron chi connectivity index (χ2n) is 8.36. The van der Waals surface area contributed by atoms with Gasteiger partial charge in [-0.25, -0.2) is 8.42 Å². The molecule has 26 heavy (non-hydrogen) atoms. The number of carbonyl (C=O) groups is 1. The van der Waals surface area contributed by atoms with E-state index in [0.717, 1.165) is 18.4 Å². The lowest BCUT2D eigenvalue weighted by molar-refractivity contribution is -0.115. The zero-order valence-corrected chi connectivity index (χ0v) is 22.6. The van der Waals surface area contributed by atoms with Crippen LogP contribution in [-0.2, 0) is 19.2 Å². The van der Waals surface area contributed by atoms with Gasteiger partial charge >= 0.3 is 0 Å². The predicted molar refractivity (Wildman–Crippen MR) is 133 cm³/mol. The first-order valence-corrected chi connectivity index (χ1v) is 16.3. The first-order chi connectivity index (χ1) is 9.46. The third-order valence-corrected chi connectivity index (χ3v) is 0. The van der Waals surface area contributed by atoms with Crippen molar-refractivity contribution in [2.45, 2.75) is 42.0 Å². The topological polar surface area (TPSA) is 68.3 Å². The lowest BCUT2D eigenvalue weighted by Gasteiger charge is -1.97. The molecule has 0 saturated heterocycles. The summed E-state index contributed by atoms with van der Waals surface area (Å²) in [5, 5.41) is 0. The van der Waals surface area contributed by atoms with Crippen molar-refractivity contribution >= 4 is 30.0 Å². The highest BCUT2D eigenvalue weighted by molar-refractivity contribution is 7.89. The van der Waals surface area contributed by atoms with Crippen molar-refractivity contribution < 1.29 is 17.8 Å². The second kappa shape index (κ2) is 25.3. The summed E-state index contributed by atoms with van der Waals surface area (Å²) < 4.78 is 29.5. The average Bonchev–Trinajstić information content (AvgIpc) is 1.85. The van der Waals surface area contributed by atoms with E-state index in [2.05, 4.69) is 47.4 Å². The number of hydrogen-bond acceptors (Lipinski definition) is 4. The fourth-order valence-corrected chi connectivity index (χ4v) is 0. The van der Waals surface area contributed by atoms with E-state index in [1.165, 1.54) is 13.8 Å². The van der Waals surface area contributed by atoms with Crippen LogP contribution in [0.25, 0.3) is 0 Å². The lowest BCUT2D eigenvalue weighted by atomic mass is 10.3. The molecule has 0 rings (SSSR count). The van der Waals surface area contributed by atoms with Crippen molar-refractivity contribution in [1.82, 2.24) is 0 Å². The molecule has 0 N–H and O–H groups in total. The maximum absolute atomic E-state index is 10.2. The Hall–Kier alpha value is 0.280. The van der Waals surface area contributed by atoms with Gasteiger partial charge in [0.15, 0.2) is 0 Å². The Bertz CT molecular complexity index is 375. The summed E-state index contributed by atoms with van der Waals surface area (Å²) in [4.78, 5) is 9.44. The number of ketones is 1. The summed E-state index contributed by atoms with van der Waals surface area (Å²) in [6.07, 6.45) is 2.32. The van der Waals surface area contributed by atoms with Crippen molar-refractivity contribution in [3.05, 3.63) is 14.9 Å². The van der Waals surface area contributed by atoms with Gasteiger partial charge < -0.3 is 24.2 Å². The Morgan fingerprint density at radius 1 is 0.846 bits per heavy atom. The number of rotatable bonds is 0. The maximum Gasteiger partial charge on any atom is 0.144 e. The first kappa shape index (κ1) is 50.3. The minimum Gasteiger partial charge on any atom is -0.358 e. The summed E-state index contributed by atoms with van der Waals surface area (Å²) >= 11 is 0. The standard InChI is InChI=1S/C4H12P.C4H10.C3H9OP.C3H6O.C2H6O2S.CH4.2CH3/c1-5(2,3)4;1-4(2)3;1-5(2,3)4;1-3(2)4;1-5(2,3)4;;;/h1-4H3;4H,1-3H3;1-3H3;1-2H3;1-2H3;1H4;2*1H3/q+1;;;;;;2*-1. The van der Waals surface area contributed by atoms with E-state index in [1.807, 2.05) is 0 Å². The minimum atomic E-state index is -2.67. The average molecular weight is 440 g/mol. The van der Waals surface area contributed by atoms with E-state index in [9.17, 15) is 17.8 Å². The van der Waals surface area contributed by atoms with Gasteiger partial charge in [0.2, 0.25) is 0 Å². The molecule has 0 aliphatic rings. The molecule has 0 aromatic carbocycles. The molecule has 170 valence electrons. The molecule has 0 aliphatic heterocycles. The minimum absolute atomic E-state index is 0. The Morgan fingerprint density at radius 2 is 0.846 bits per heavy atom. The molecule has 0 atom stereocenters. The Morgan fingerprint density at radius 3 is 0.846 bits per heavy atom. The monoisotopic (exact) mass is 439 g/mol. The van der Waals surface area contributed by atoms with E-state index >= 15 is 0 Å². The highest BCUT2D eigenvalue weighted by Crippen LogP contribution is 2.40. The molecule has 0 aliphatic carbocycles. The molecule has 0 fully saturated rings. The molecule has 0 saturated carbocycles. The van der Waals surface area contributed by atoms with Crippen LogP contribution in [0.5, 0.6) is 0 Å². The van der Waals surface area contributed by atoms with Crippen LogP contribution in [0.3, 0.4) is 0 Å². The third kappa shape index (κ3) is 168000. The molecule has 4 nitrogen and oxygen atoms in total. The third-order valence-electron chi connectivity index (χ3n) is 0. The second-order valence-corrected chi connectivity index (χ2v) is 19.8. The Labute approximate surface area is 170 Å². The summed E-state index contributed by atoms with van der Waals surface area (Å²) in [5.74, 6) is 1.00. The van der Waals surface area contributed by atoms with Crippen molar-refractivity contribution in [1.29, 1.82) is 0 Å². The van der Waals surface area contributed by atoms with Crippen LogP contribution in [0.15, 0.2) is 0 Å². The normalized spacial score (nSPS) is 9.19. The highest BCUT2D eigenvalue weighted by Gasteiger charge is 2.03. The van der Waals surface area contributed by atoms with Gasteiger partial charge in [0.05, 0.1) is 7.14 Å². The van der Waals surface area contributed by atoms with Gasteiger partial charge in [-0.2, -0.15) is 0 Å². The molecule has 0 heterocycles. The van der Waals surface area contributed by atoms with Crippen LogP contribution in [0.1, 0.15) is 42.0 Å². The molecular weight excluding hydrogens is 386 g/mol. The predicted octanol–water partition coefficient (Wildman–Crippen LogP) is 6.22. The van der Waals surface area contributed by atoms with Crippen LogP contribution in [0, 0.1) is 20.8 Å². The SMILES string of the molecule is C.CC(C)=O.CC(C)C.CP(C)(C)=O.CS(C)(=O)=O.C[P+](C)(C)C.[CH3-].[CH3-]. The van der Waals surface area contributed by atoms with Gasteiger partial charge in [0, 0.05) is 46.4 Å². The van der Waals surface area contributed by atoms with E-state index in [4.69, 9.17) is 0 Å².